The third kappa shape index (κ3) is 5.37. The molecule has 1 fully saturated rings. The number of carbonyl (C=O) groups excluding carboxylic acids is 2. The van der Waals surface area contributed by atoms with Crippen molar-refractivity contribution in [1.29, 1.82) is 0 Å². The van der Waals surface area contributed by atoms with Crippen molar-refractivity contribution >= 4 is 28.8 Å². The predicted octanol–water partition coefficient (Wildman–Crippen LogP) is 4.47. The monoisotopic (exact) mass is 437 g/mol. The number of carbonyl (C=O) groups is 2. The Balaban J connectivity index is 1.31. The van der Waals surface area contributed by atoms with Crippen molar-refractivity contribution in [3.05, 3.63) is 76.9 Å². The lowest BCUT2D eigenvalue weighted by Crippen LogP contribution is -2.48. The molecule has 160 valence electrons. The highest BCUT2D eigenvalue weighted by Crippen LogP contribution is 2.29. The minimum Gasteiger partial charge on any atom is -0.336 e. The van der Waals surface area contributed by atoms with E-state index in [1.54, 1.807) is 47.7 Å². The van der Waals surface area contributed by atoms with E-state index in [-0.39, 0.29) is 17.6 Å². The molecule has 1 aliphatic rings. The van der Waals surface area contributed by atoms with Crippen molar-refractivity contribution in [2.45, 2.75) is 13.5 Å². The van der Waals surface area contributed by atoms with Crippen molar-refractivity contribution in [2.75, 3.05) is 31.5 Å². The molecule has 0 bridgehead atoms. The molecule has 31 heavy (non-hydrogen) atoms. The zero-order valence-electron chi connectivity index (χ0n) is 17.3. The summed E-state index contributed by atoms with van der Waals surface area (Å²) in [4.78, 5) is 30.4. The van der Waals surface area contributed by atoms with Gasteiger partial charge in [0, 0.05) is 60.7 Å². The summed E-state index contributed by atoms with van der Waals surface area (Å²) in [7, 11) is 0. The van der Waals surface area contributed by atoms with Crippen molar-refractivity contribution in [3.63, 3.8) is 0 Å². The highest BCUT2D eigenvalue weighted by Gasteiger charge is 2.22. The van der Waals surface area contributed by atoms with E-state index in [0.29, 0.717) is 24.3 Å². The summed E-state index contributed by atoms with van der Waals surface area (Å²) < 4.78 is 13.5. The van der Waals surface area contributed by atoms with Gasteiger partial charge < -0.3 is 10.2 Å². The van der Waals surface area contributed by atoms with Crippen molar-refractivity contribution in [1.82, 2.24) is 9.80 Å². The molecule has 0 aliphatic carbocycles. The summed E-state index contributed by atoms with van der Waals surface area (Å²) in [5.41, 5.74) is 2.21. The number of nitrogens with zero attached hydrogens (tertiary/aromatic N) is 2. The maximum atomic E-state index is 13.5. The van der Waals surface area contributed by atoms with Gasteiger partial charge in [0.25, 0.3) is 5.91 Å². The van der Waals surface area contributed by atoms with Gasteiger partial charge in [-0.2, -0.15) is 0 Å². The van der Waals surface area contributed by atoms with E-state index in [0.717, 1.165) is 30.1 Å². The number of anilines is 1. The van der Waals surface area contributed by atoms with Crippen LogP contribution in [-0.2, 0) is 11.3 Å². The van der Waals surface area contributed by atoms with Gasteiger partial charge in [-0.05, 0) is 54.1 Å². The van der Waals surface area contributed by atoms with Crippen molar-refractivity contribution in [3.8, 4) is 10.4 Å². The van der Waals surface area contributed by atoms with Crippen molar-refractivity contribution < 1.29 is 14.0 Å². The van der Waals surface area contributed by atoms with Gasteiger partial charge in [-0.1, -0.05) is 12.1 Å². The van der Waals surface area contributed by atoms with Crippen LogP contribution in [0.15, 0.2) is 60.7 Å². The van der Waals surface area contributed by atoms with Gasteiger partial charge in [-0.3, -0.25) is 14.5 Å². The number of piperazine rings is 1. The van der Waals surface area contributed by atoms with Gasteiger partial charge in [0.05, 0.1) is 0 Å². The molecule has 0 saturated carbocycles. The number of rotatable bonds is 5. The maximum Gasteiger partial charge on any atom is 0.253 e. The van der Waals surface area contributed by atoms with Crippen LogP contribution < -0.4 is 5.32 Å². The van der Waals surface area contributed by atoms with Crippen LogP contribution in [-0.4, -0.2) is 47.8 Å². The molecule has 1 N–H and O–H groups in total. The number of thiophene rings is 1. The lowest BCUT2D eigenvalue weighted by atomic mass is 10.1. The van der Waals surface area contributed by atoms with Crippen LogP contribution in [0.4, 0.5) is 10.1 Å². The third-order valence-electron chi connectivity index (χ3n) is 5.26. The summed E-state index contributed by atoms with van der Waals surface area (Å²) in [6.07, 6.45) is 0. The van der Waals surface area contributed by atoms with E-state index < -0.39 is 0 Å². The molecule has 1 aliphatic heterocycles. The van der Waals surface area contributed by atoms with Gasteiger partial charge in [-0.15, -0.1) is 11.3 Å². The van der Waals surface area contributed by atoms with Crippen LogP contribution in [0.1, 0.15) is 22.2 Å². The summed E-state index contributed by atoms with van der Waals surface area (Å²) >= 11 is 1.68. The molecule has 0 radical (unpaired) electrons. The van der Waals surface area contributed by atoms with E-state index in [9.17, 15) is 14.0 Å². The topological polar surface area (TPSA) is 52.7 Å². The minimum atomic E-state index is -0.224. The molecular weight excluding hydrogens is 413 g/mol. The second-order valence-electron chi connectivity index (χ2n) is 7.60. The molecule has 4 rings (SSSR count). The quantitative estimate of drug-likeness (QED) is 0.641. The largest absolute Gasteiger partial charge is 0.336 e. The molecule has 1 saturated heterocycles. The van der Waals surface area contributed by atoms with E-state index in [2.05, 4.69) is 16.3 Å². The summed E-state index contributed by atoms with van der Waals surface area (Å²) in [5.74, 6) is -0.347. The molecular formula is C24H24FN3O2S. The van der Waals surface area contributed by atoms with E-state index in [4.69, 9.17) is 0 Å². The molecule has 5 nitrogen and oxygen atoms in total. The summed E-state index contributed by atoms with van der Waals surface area (Å²) in [6.45, 7) is 5.25. The molecule has 1 aromatic heterocycles. The number of hydrogen-bond donors (Lipinski definition) is 1. The Morgan fingerprint density at radius 1 is 1.00 bits per heavy atom. The molecule has 2 amide bonds. The van der Waals surface area contributed by atoms with Crippen LogP contribution in [0.3, 0.4) is 0 Å². The fourth-order valence-corrected chi connectivity index (χ4v) is 4.72. The highest BCUT2D eigenvalue weighted by atomic mass is 32.1. The number of amides is 2. The molecule has 3 aromatic rings. The van der Waals surface area contributed by atoms with Crippen molar-refractivity contribution in [2.24, 2.45) is 0 Å². The number of nitrogens with one attached hydrogen (secondary N) is 1. The zero-order chi connectivity index (χ0) is 21.8. The second-order valence-corrected chi connectivity index (χ2v) is 8.77. The number of hydrogen-bond acceptors (Lipinski definition) is 4. The number of benzene rings is 2. The SMILES string of the molecule is CC(=O)Nc1ccc(C(=O)N2CCN(Cc3ccc(-c4cccc(F)c4)s3)CC2)cc1. The Kier molecular flexibility index (Phi) is 6.44. The first-order valence-corrected chi connectivity index (χ1v) is 11.0. The maximum absolute atomic E-state index is 13.5. The fraction of sp³-hybridized carbons (Fsp3) is 0.250. The predicted molar refractivity (Wildman–Crippen MR) is 122 cm³/mol. The van der Waals surface area contributed by atoms with Crippen LogP contribution >= 0.6 is 11.3 Å². The first-order chi connectivity index (χ1) is 15.0. The molecule has 0 unspecified atom stereocenters. The summed E-state index contributed by atoms with van der Waals surface area (Å²) in [6, 6.07) is 17.8. The van der Waals surface area contributed by atoms with Crippen LogP contribution in [0.25, 0.3) is 10.4 Å². The van der Waals surface area contributed by atoms with E-state index in [1.807, 2.05) is 17.0 Å². The van der Waals surface area contributed by atoms with Gasteiger partial charge in [0.1, 0.15) is 5.82 Å². The molecule has 0 spiro atoms. The zero-order valence-corrected chi connectivity index (χ0v) is 18.1. The van der Waals surface area contributed by atoms with Gasteiger partial charge in [-0.25, -0.2) is 4.39 Å². The lowest BCUT2D eigenvalue weighted by Gasteiger charge is -2.34. The fourth-order valence-electron chi connectivity index (χ4n) is 3.67. The Hall–Kier alpha value is -3.03. The number of halogens is 1. The molecule has 2 aromatic carbocycles. The Labute approximate surface area is 185 Å². The summed E-state index contributed by atoms with van der Waals surface area (Å²) in [5, 5.41) is 2.71. The van der Waals surface area contributed by atoms with Gasteiger partial charge in [0.15, 0.2) is 0 Å². The molecule has 0 atom stereocenters. The van der Waals surface area contributed by atoms with E-state index >= 15 is 0 Å². The third-order valence-corrected chi connectivity index (χ3v) is 6.38. The highest BCUT2D eigenvalue weighted by molar-refractivity contribution is 7.15. The second kappa shape index (κ2) is 9.41. The van der Waals surface area contributed by atoms with Crippen LogP contribution in [0.2, 0.25) is 0 Å². The van der Waals surface area contributed by atoms with Gasteiger partial charge >= 0.3 is 0 Å². The minimum absolute atomic E-state index is 0.0125. The smallest absolute Gasteiger partial charge is 0.253 e. The van der Waals surface area contributed by atoms with Gasteiger partial charge in [0.2, 0.25) is 5.91 Å². The standard InChI is InChI=1S/C24H24FN3O2S/c1-17(29)26-21-7-5-18(6-8-21)24(30)28-13-11-27(12-14-28)16-22-9-10-23(31-22)19-3-2-4-20(25)15-19/h2-10,15H,11-14,16H2,1H3,(H,26,29). The molecule has 2 heterocycles. The normalized spacial score (nSPS) is 14.5. The lowest BCUT2D eigenvalue weighted by molar-refractivity contribution is -0.114. The van der Waals surface area contributed by atoms with E-state index in [1.165, 1.54) is 17.9 Å². The van der Waals surface area contributed by atoms with Crippen LogP contribution in [0.5, 0.6) is 0 Å². The first-order valence-electron chi connectivity index (χ1n) is 10.2. The Morgan fingerprint density at radius 3 is 2.42 bits per heavy atom. The Morgan fingerprint density at radius 2 is 1.74 bits per heavy atom. The van der Waals surface area contributed by atoms with Crippen LogP contribution in [0, 0.1) is 5.82 Å². The molecule has 7 heteroatoms. The first kappa shape index (κ1) is 21.2. The Bertz CT molecular complexity index is 1070. The average molecular weight is 438 g/mol. The average Bonchev–Trinajstić information content (AvgIpc) is 3.22.